The lowest BCUT2D eigenvalue weighted by Crippen LogP contribution is -2.56. The van der Waals surface area contributed by atoms with Gasteiger partial charge in [0, 0.05) is 31.7 Å². The first-order chi connectivity index (χ1) is 11.2. The number of hydrogen-bond acceptors (Lipinski definition) is 6. The topological polar surface area (TPSA) is 74.6 Å². The molecule has 0 spiro atoms. The number of nitrogens with zero attached hydrogens (tertiary/aromatic N) is 2. The van der Waals surface area contributed by atoms with E-state index in [2.05, 4.69) is 16.3 Å². The van der Waals surface area contributed by atoms with Crippen LogP contribution in [-0.2, 0) is 16.1 Å². The summed E-state index contributed by atoms with van der Waals surface area (Å²) >= 11 is 0. The van der Waals surface area contributed by atoms with Gasteiger partial charge >= 0.3 is 5.97 Å². The summed E-state index contributed by atoms with van der Waals surface area (Å²) in [6.07, 6.45) is 0.809. The Hall–Kier alpha value is -1.81. The van der Waals surface area contributed by atoms with Crippen molar-refractivity contribution in [2.75, 3.05) is 27.3 Å². The lowest BCUT2D eigenvalue weighted by molar-refractivity contribution is -0.141. The third kappa shape index (κ3) is 5.68. The van der Waals surface area contributed by atoms with E-state index >= 15 is 0 Å². The van der Waals surface area contributed by atoms with Crippen LogP contribution in [0.25, 0.3) is 0 Å². The van der Waals surface area contributed by atoms with Crippen molar-refractivity contribution < 1.29 is 14.3 Å². The summed E-state index contributed by atoms with van der Waals surface area (Å²) in [5.74, 6) is 0.608. The quantitative estimate of drug-likeness (QED) is 0.785. The number of nitriles is 1. The van der Waals surface area contributed by atoms with Crippen LogP contribution in [-0.4, -0.2) is 50.3 Å². The van der Waals surface area contributed by atoms with Crippen LogP contribution in [0.15, 0.2) is 24.3 Å². The number of halogens is 1. The summed E-state index contributed by atoms with van der Waals surface area (Å²) in [5.41, 5.74) is 1.16. The number of nitrogens with one attached hydrogen (secondary N) is 1. The van der Waals surface area contributed by atoms with E-state index in [1.807, 2.05) is 24.3 Å². The zero-order valence-corrected chi connectivity index (χ0v) is 14.8. The molecule has 132 valence electrons. The van der Waals surface area contributed by atoms with Crippen LogP contribution in [0, 0.1) is 11.3 Å². The van der Waals surface area contributed by atoms with Crippen molar-refractivity contribution in [3.8, 4) is 11.8 Å². The Bertz CT molecular complexity index is 559. The number of hydrogen-bond donors (Lipinski definition) is 1. The molecule has 1 aromatic rings. The molecule has 7 heteroatoms. The molecule has 1 N–H and O–H groups in total. The molecule has 0 saturated carbocycles. The molecule has 0 aliphatic carbocycles. The van der Waals surface area contributed by atoms with Crippen molar-refractivity contribution >= 4 is 18.4 Å². The van der Waals surface area contributed by atoms with Gasteiger partial charge in [0.1, 0.15) is 5.75 Å². The molecule has 1 heterocycles. The molecule has 2 rings (SSSR count). The standard InChI is InChI=1S/C17H23N3O3.ClH/c1-22-16-5-3-13(4-6-16)11-20-12-14(9-17(21)23-2)19-10-15(20)7-8-18;/h3-6,14-15,19H,7,9-12H2,1-2H3;1H. The second kappa shape index (κ2) is 10.1. The maximum Gasteiger partial charge on any atom is 0.307 e. The lowest BCUT2D eigenvalue weighted by atomic mass is 10.0. The van der Waals surface area contributed by atoms with E-state index in [4.69, 9.17) is 14.7 Å². The van der Waals surface area contributed by atoms with Gasteiger partial charge in [0.15, 0.2) is 0 Å². The summed E-state index contributed by atoms with van der Waals surface area (Å²) < 4.78 is 9.92. The highest BCUT2D eigenvalue weighted by atomic mass is 35.5. The largest absolute Gasteiger partial charge is 0.497 e. The van der Waals surface area contributed by atoms with Crippen LogP contribution in [0.4, 0.5) is 0 Å². The molecule has 1 aromatic carbocycles. The predicted molar refractivity (Wildman–Crippen MR) is 93.1 cm³/mol. The molecular weight excluding hydrogens is 330 g/mol. The normalized spacial score (nSPS) is 20.5. The average molecular weight is 354 g/mol. The Morgan fingerprint density at radius 1 is 1.38 bits per heavy atom. The molecule has 6 nitrogen and oxygen atoms in total. The Balaban J connectivity index is 0.00000288. The summed E-state index contributed by atoms with van der Waals surface area (Å²) in [5, 5.41) is 12.4. The van der Waals surface area contributed by atoms with Crippen molar-refractivity contribution in [2.24, 2.45) is 0 Å². The number of carbonyl (C=O) groups excluding carboxylic acids is 1. The van der Waals surface area contributed by atoms with E-state index < -0.39 is 0 Å². The molecule has 0 radical (unpaired) electrons. The third-order valence-electron chi connectivity index (χ3n) is 4.13. The number of methoxy groups -OCH3 is 2. The van der Waals surface area contributed by atoms with Gasteiger partial charge in [-0.25, -0.2) is 0 Å². The first-order valence-electron chi connectivity index (χ1n) is 7.70. The van der Waals surface area contributed by atoms with E-state index in [-0.39, 0.29) is 30.5 Å². The Kier molecular flexibility index (Phi) is 8.55. The van der Waals surface area contributed by atoms with Gasteiger partial charge in [-0.1, -0.05) is 12.1 Å². The highest BCUT2D eigenvalue weighted by Gasteiger charge is 2.29. The Labute approximate surface area is 149 Å². The molecule has 0 bridgehead atoms. The molecule has 1 aliphatic rings. The van der Waals surface area contributed by atoms with E-state index in [0.29, 0.717) is 25.9 Å². The Morgan fingerprint density at radius 3 is 2.67 bits per heavy atom. The SMILES string of the molecule is COC(=O)CC1CN(Cc2ccc(OC)cc2)C(CC#N)CN1.Cl. The second-order valence-corrected chi connectivity index (χ2v) is 5.68. The number of benzene rings is 1. The summed E-state index contributed by atoms with van der Waals surface area (Å²) in [6, 6.07) is 10.4. The zero-order chi connectivity index (χ0) is 16.7. The Morgan fingerprint density at radius 2 is 2.08 bits per heavy atom. The highest BCUT2D eigenvalue weighted by molar-refractivity contribution is 5.85. The number of piperazine rings is 1. The van der Waals surface area contributed by atoms with E-state index in [9.17, 15) is 4.79 Å². The predicted octanol–water partition coefficient (Wildman–Crippen LogP) is 1.74. The first-order valence-corrected chi connectivity index (χ1v) is 7.70. The van der Waals surface area contributed by atoms with Gasteiger partial charge < -0.3 is 14.8 Å². The second-order valence-electron chi connectivity index (χ2n) is 5.68. The number of rotatable bonds is 6. The van der Waals surface area contributed by atoms with Crippen molar-refractivity contribution in [3.05, 3.63) is 29.8 Å². The van der Waals surface area contributed by atoms with Crippen molar-refractivity contribution in [1.29, 1.82) is 5.26 Å². The van der Waals surface area contributed by atoms with Crippen molar-refractivity contribution in [1.82, 2.24) is 10.2 Å². The maximum atomic E-state index is 11.5. The van der Waals surface area contributed by atoms with Gasteiger partial charge in [0.25, 0.3) is 0 Å². The minimum atomic E-state index is -0.217. The summed E-state index contributed by atoms with van der Waals surface area (Å²) in [6.45, 7) is 2.16. The van der Waals surface area contributed by atoms with Crippen LogP contribution < -0.4 is 10.1 Å². The van der Waals surface area contributed by atoms with Gasteiger partial charge in [-0.15, -0.1) is 12.4 Å². The van der Waals surface area contributed by atoms with Crippen LogP contribution in [0.2, 0.25) is 0 Å². The van der Waals surface area contributed by atoms with Gasteiger partial charge in [0.05, 0.1) is 33.1 Å². The molecule has 1 fully saturated rings. The minimum absolute atomic E-state index is 0. The molecule has 0 aromatic heterocycles. The molecule has 24 heavy (non-hydrogen) atoms. The number of carbonyl (C=O) groups is 1. The fourth-order valence-electron chi connectivity index (χ4n) is 2.82. The van der Waals surface area contributed by atoms with Gasteiger partial charge in [-0.2, -0.15) is 5.26 Å². The highest BCUT2D eigenvalue weighted by Crippen LogP contribution is 2.18. The van der Waals surface area contributed by atoms with Crippen LogP contribution in [0.5, 0.6) is 5.75 Å². The number of esters is 1. The van der Waals surface area contributed by atoms with E-state index in [1.165, 1.54) is 7.11 Å². The molecule has 0 amide bonds. The lowest BCUT2D eigenvalue weighted by Gasteiger charge is -2.39. The van der Waals surface area contributed by atoms with Crippen LogP contribution in [0.1, 0.15) is 18.4 Å². The van der Waals surface area contributed by atoms with Crippen LogP contribution >= 0.6 is 12.4 Å². The smallest absolute Gasteiger partial charge is 0.307 e. The van der Waals surface area contributed by atoms with Crippen LogP contribution in [0.3, 0.4) is 0 Å². The van der Waals surface area contributed by atoms with Crippen molar-refractivity contribution in [3.63, 3.8) is 0 Å². The fraction of sp³-hybridized carbons (Fsp3) is 0.529. The van der Waals surface area contributed by atoms with E-state index in [1.54, 1.807) is 7.11 Å². The molecule has 1 aliphatic heterocycles. The molecule has 2 unspecified atom stereocenters. The summed E-state index contributed by atoms with van der Waals surface area (Å²) in [7, 11) is 3.05. The van der Waals surface area contributed by atoms with E-state index in [0.717, 1.165) is 17.9 Å². The first kappa shape index (κ1) is 20.2. The summed E-state index contributed by atoms with van der Waals surface area (Å²) in [4.78, 5) is 13.7. The minimum Gasteiger partial charge on any atom is -0.497 e. The average Bonchev–Trinajstić information content (AvgIpc) is 2.58. The molecule has 1 saturated heterocycles. The van der Waals surface area contributed by atoms with Crippen molar-refractivity contribution in [2.45, 2.75) is 31.5 Å². The van der Waals surface area contributed by atoms with Gasteiger partial charge in [-0.05, 0) is 17.7 Å². The third-order valence-corrected chi connectivity index (χ3v) is 4.13. The monoisotopic (exact) mass is 353 g/mol. The zero-order valence-electron chi connectivity index (χ0n) is 14.0. The number of ether oxygens (including phenoxy) is 2. The van der Waals surface area contributed by atoms with Gasteiger partial charge in [0.2, 0.25) is 0 Å². The fourth-order valence-corrected chi connectivity index (χ4v) is 2.82. The molecular formula is C17H24ClN3O3. The molecule has 2 atom stereocenters. The maximum absolute atomic E-state index is 11.5. The van der Waals surface area contributed by atoms with Gasteiger partial charge in [-0.3, -0.25) is 9.69 Å².